The Labute approximate surface area is 121 Å². The van der Waals surface area contributed by atoms with Crippen LogP contribution in [0.15, 0.2) is 29.2 Å². The van der Waals surface area contributed by atoms with Crippen LogP contribution in [0.3, 0.4) is 0 Å². The van der Waals surface area contributed by atoms with E-state index in [1.165, 1.54) is 4.90 Å². The predicted molar refractivity (Wildman–Crippen MR) is 84.1 cm³/mol. The molecule has 0 saturated carbocycles. The van der Waals surface area contributed by atoms with E-state index in [9.17, 15) is 4.79 Å². The summed E-state index contributed by atoms with van der Waals surface area (Å²) in [6, 6.07) is 8.29. The van der Waals surface area contributed by atoms with E-state index in [0.717, 1.165) is 12.1 Å². The highest BCUT2D eigenvalue weighted by Crippen LogP contribution is 2.15. The number of nitrogens with zero attached hydrogens (tertiary/aromatic N) is 1. The van der Waals surface area contributed by atoms with E-state index >= 15 is 0 Å². The molecule has 0 amide bonds. The van der Waals surface area contributed by atoms with Gasteiger partial charge in [0.25, 0.3) is 0 Å². The summed E-state index contributed by atoms with van der Waals surface area (Å²) < 4.78 is 0. The number of carbonyl (C=O) groups excluding carboxylic acids is 1. The van der Waals surface area contributed by atoms with Gasteiger partial charge in [-0.25, -0.2) is 0 Å². The lowest BCUT2D eigenvalue weighted by molar-refractivity contribution is 0.0892. The summed E-state index contributed by atoms with van der Waals surface area (Å²) in [6.07, 6.45) is 2.04. The first-order valence-corrected chi connectivity index (χ1v) is 8.07. The first kappa shape index (κ1) is 16.3. The summed E-state index contributed by atoms with van der Waals surface area (Å²) in [4.78, 5) is 15.7. The molecule has 19 heavy (non-hydrogen) atoms. The molecule has 2 nitrogen and oxygen atoms in total. The Morgan fingerprint density at radius 3 is 2.16 bits per heavy atom. The van der Waals surface area contributed by atoms with Gasteiger partial charge in [-0.2, -0.15) is 0 Å². The van der Waals surface area contributed by atoms with Crippen molar-refractivity contribution in [2.24, 2.45) is 5.92 Å². The summed E-state index contributed by atoms with van der Waals surface area (Å²) >= 11 is 1.69. The molecule has 3 heteroatoms. The number of rotatable bonds is 7. The van der Waals surface area contributed by atoms with Crippen LogP contribution in [0, 0.1) is 5.92 Å². The smallest absolute Gasteiger partial charge is 0.176 e. The van der Waals surface area contributed by atoms with E-state index in [-0.39, 0.29) is 5.78 Å². The normalized spacial score (nSPS) is 11.6. The van der Waals surface area contributed by atoms with Crippen LogP contribution in [0.25, 0.3) is 0 Å². The third-order valence-electron chi connectivity index (χ3n) is 3.09. The van der Waals surface area contributed by atoms with E-state index < -0.39 is 0 Å². The number of thioether (sulfide) groups is 1. The molecule has 0 bridgehead atoms. The van der Waals surface area contributed by atoms with Crippen molar-refractivity contribution in [3.63, 3.8) is 0 Å². The van der Waals surface area contributed by atoms with Gasteiger partial charge in [0, 0.05) is 23.0 Å². The fraction of sp³-hybridized carbons (Fsp3) is 0.562. The molecule has 0 atom stereocenters. The predicted octanol–water partition coefficient (Wildman–Crippen LogP) is 3.96. The molecule has 0 aromatic heterocycles. The fourth-order valence-electron chi connectivity index (χ4n) is 1.98. The Morgan fingerprint density at radius 1 is 1.16 bits per heavy atom. The van der Waals surface area contributed by atoms with Crippen molar-refractivity contribution < 1.29 is 4.79 Å². The molecule has 1 aromatic rings. The highest BCUT2D eigenvalue weighted by atomic mass is 32.2. The van der Waals surface area contributed by atoms with Gasteiger partial charge in [-0.15, -0.1) is 11.8 Å². The van der Waals surface area contributed by atoms with E-state index in [4.69, 9.17) is 0 Å². The SMILES string of the molecule is CSc1ccc(C(=O)CN(CC(C)C)C(C)C)cc1. The maximum atomic E-state index is 12.3. The minimum absolute atomic E-state index is 0.210. The van der Waals surface area contributed by atoms with Crippen LogP contribution >= 0.6 is 11.8 Å². The van der Waals surface area contributed by atoms with Crippen LogP contribution < -0.4 is 0 Å². The van der Waals surface area contributed by atoms with Gasteiger partial charge in [-0.1, -0.05) is 26.0 Å². The third-order valence-corrected chi connectivity index (χ3v) is 3.83. The minimum Gasteiger partial charge on any atom is -0.293 e. The Bertz CT molecular complexity index is 398. The van der Waals surface area contributed by atoms with Gasteiger partial charge in [0.05, 0.1) is 6.54 Å². The maximum absolute atomic E-state index is 12.3. The van der Waals surface area contributed by atoms with E-state index in [1.54, 1.807) is 11.8 Å². The molecular formula is C16H25NOS. The lowest BCUT2D eigenvalue weighted by Gasteiger charge is -2.27. The molecule has 0 saturated heterocycles. The molecule has 0 spiro atoms. The number of benzene rings is 1. The summed E-state index contributed by atoms with van der Waals surface area (Å²) in [5.41, 5.74) is 0.812. The molecule has 0 aliphatic carbocycles. The van der Waals surface area contributed by atoms with Crippen LogP contribution in [-0.4, -0.2) is 36.1 Å². The van der Waals surface area contributed by atoms with Gasteiger partial charge in [-0.05, 0) is 38.2 Å². The van der Waals surface area contributed by atoms with Crippen molar-refractivity contribution in [1.82, 2.24) is 4.90 Å². The fourth-order valence-corrected chi connectivity index (χ4v) is 2.39. The van der Waals surface area contributed by atoms with Gasteiger partial charge in [-0.3, -0.25) is 9.69 Å². The summed E-state index contributed by atoms with van der Waals surface area (Å²) in [7, 11) is 0. The lowest BCUT2D eigenvalue weighted by atomic mass is 10.1. The van der Waals surface area contributed by atoms with Gasteiger partial charge in [0.15, 0.2) is 5.78 Å². The molecule has 0 N–H and O–H groups in total. The van der Waals surface area contributed by atoms with Crippen molar-refractivity contribution in [1.29, 1.82) is 0 Å². The maximum Gasteiger partial charge on any atom is 0.176 e. The Kier molecular flexibility index (Phi) is 6.59. The zero-order chi connectivity index (χ0) is 14.4. The topological polar surface area (TPSA) is 20.3 Å². The van der Waals surface area contributed by atoms with Crippen LogP contribution in [0.2, 0.25) is 0 Å². The second-order valence-electron chi connectivity index (χ2n) is 5.57. The number of hydrogen-bond donors (Lipinski definition) is 0. The van der Waals surface area contributed by atoms with Gasteiger partial charge < -0.3 is 0 Å². The molecule has 106 valence electrons. The molecule has 1 aromatic carbocycles. The van der Waals surface area contributed by atoms with Crippen molar-refractivity contribution >= 4 is 17.5 Å². The average molecular weight is 279 g/mol. The van der Waals surface area contributed by atoms with E-state index in [0.29, 0.717) is 18.5 Å². The van der Waals surface area contributed by atoms with Crippen molar-refractivity contribution in [2.45, 2.75) is 38.6 Å². The Morgan fingerprint density at radius 2 is 1.74 bits per heavy atom. The van der Waals surface area contributed by atoms with Gasteiger partial charge in [0.2, 0.25) is 0 Å². The standard InChI is InChI=1S/C16H25NOS/c1-12(2)10-17(13(3)4)11-16(18)14-6-8-15(19-5)9-7-14/h6-9,12-13H,10-11H2,1-5H3. The Balaban J connectivity index is 2.70. The van der Waals surface area contributed by atoms with Crippen LogP contribution in [0.5, 0.6) is 0 Å². The van der Waals surface area contributed by atoms with Gasteiger partial charge in [0.1, 0.15) is 0 Å². The Hall–Kier alpha value is -0.800. The first-order chi connectivity index (χ1) is 8.93. The van der Waals surface area contributed by atoms with E-state index in [1.807, 2.05) is 30.5 Å². The number of carbonyl (C=O) groups is 1. The highest BCUT2D eigenvalue weighted by Gasteiger charge is 2.16. The monoisotopic (exact) mass is 279 g/mol. The molecule has 0 heterocycles. The summed E-state index contributed by atoms with van der Waals surface area (Å²) in [5, 5.41) is 0. The summed E-state index contributed by atoms with van der Waals surface area (Å²) in [5.74, 6) is 0.788. The highest BCUT2D eigenvalue weighted by molar-refractivity contribution is 7.98. The average Bonchev–Trinajstić information content (AvgIpc) is 2.37. The van der Waals surface area contributed by atoms with Crippen molar-refractivity contribution in [3.8, 4) is 0 Å². The molecule has 0 radical (unpaired) electrons. The number of ketones is 1. The van der Waals surface area contributed by atoms with Crippen LogP contribution in [0.4, 0.5) is 0 Å². The largest absolute Gasteiger partial charge is 0.293 e. The second kappa shape index (κ2) is 7.71. The third kappa shape index (κ3) is 5.37. The van der Waals surface area contributed by atoms with E-state index in [2.05, 4.69) is 32.6 Å². The zero-order valence-corrected chi connectivity index (χ0v) is 13.5. The first-order valence-electron chi connectivity index (χ1n) is 6.85. The second-order valence-corrected chi connectivity index (χ2v) is 6.45. The van der Waals surface area contributed by atoms with Crippen LogP contribution in [-0.2, 0) is 0 Å². The lowest BCUT2D eigenvalue weighted by Crippen LogP contribution is -2.38. The molecule has 0 aliphatic heterocycles. The quantitative estimate of drug-likeness (QED) is 0.556. The molecule has 0 unspecified atom stereocenters. The molecule has 1 rings (SSSR count). The number of hydrogen-bond acceptors (Lipinski definition) is 3. The van der Waals surface area contributed by atoms with Crippen molar-refractivity contribution in [2.75, 3.05) is 19.3 Å². The zero-order valence-electron chi connectivity index (χ0n) is 12.6. The van der Waals surface area contributed by atoms with Crippen molar-refractivity contribution in [3.05, 3.63) is 29.8 Å². The molecule has 0 fully saturated rings. The van der Waals surface area contributed by atoms with Crippen LogP contribution in [0.1, 0.15) is 38.1 Å². The molecule has 0 aliphatic rings. The number of Topliss-reactive ketones (excluding diaryl/α,β-unsaturated/α-hetero) is 1. The summed E-state index contributed by atoms with van der Waals surface area (Å²) in [6.45, 7) is 10.1. The minimum atomic E-state index is 0.210. The van der Waals surface area contributed by atoms with Gasteiger partial charge >= 0.3 is 0 Å². The molecular weight excluding hydrogens is 254 g/mol.